The summed E-state index contributed by atoms with van der Waals surface area (Å²) in [6.45, 7) is 0.361. The lowest BCUT2D eigenvalue weighted by Crippen LogP contribution is -2.20. The van der Waals surface area contributed by atoms with Crippen molar-refractivity contribution in [3.05, 3.63) is 34.9 Å². The van der Waals surface area contributed by atoms with Gasteiger partial charge in [0.2, 0.25) is 0 Å². The van der Waals surface area contributed by atoms with E-state index >= 15 is 0 Å². The van der Waals surface area contributed by atoms with Gasteiger partial charge in [-0.3, -0.25) is 4.79 Å². The molecule has 4 nitrogen and oxygen atoms in total. The predicted octanol–water partition coefficient (Wildman–Crippen LogP) is 1.97. The van der Waals surface area contributed by atoms with Crippen molar-refractivity contribution >= 4 is 27.2 Å². The van der Waals surface area contributed by atoms with Crippen LogP contribution in [0.1, 0.15) is 16.8 Å². The minimum absolute atomic E-state index is 0.0585. The largest absolute Gasteiger partial charge is 0.385 e. The van der Waals surface area contributed by atoms with Crippen LogP contribution in [0.5, 0.6) is 0 Å². The molecule has 0 atom stereocenters. The molecule has 0 saturated heterocycles. The van der Waals surface area contributed by atoms with E-state index in [0.29, 0.717) is 13.0 Å². The monoisotopic (exact) mass is 290 g/mol. The van der Waals surface area contributed by atoms with Gasteiger partial charge in [-0.15, -0.1) is 0 Å². The number of ether oxygens (including phenoxy) is 1. The summed E-state index contributed by atoms with van der Waals surface area (Å²) in [5, 5.41) is 0.273. The highest BCUT2D eigenvalue weighted by Gasteiger charge is 2.19. The Hall–Kier alpha value is -0.910. The van der Waals surface area contributed by atoms with Crippen LogP contribution in [0.15, 0.2) is 24.3 Å². The Morgan fingerprint density at radius 1 is 1.33 bits per heavy atom. The van der Waals surface area contributed by atoms with Crippen LogP contribution >= 0.6 is 11.6 Å². The van der Waals surface area contributed by atoms with E-state index in [0.717, 1.165) is 0 Å². The Kier molecular flexibility index (Phi) is 5.78. The van der Waals surface area contributed by atoms with E-state index in [4.69, 9.17) is 16.3 Å². The summed E-state index contributed by atoms with van der Waals surface area (Å²) in [4.78, 5) is 11.8. The van der Waals surface area contributed by atoms with Crippen LogP contribution in [0.2, 0.25) is 5.02 Å². The Labute approximate surface area is 112 Å². The lowest BCUT2D eigenvalue weighted by molar-refractivity contribution is 0.102. The molecule has 0 fully saturated rings. The molecule has 0 heterocycles. The van der Waals surface area contributed by atoms with Gasteiger partial charge in [-0.2, -0.15) is 0 Å². The first kappa shape index (κ1) is 15.1. The van der Waals surface area contributed by atoms with Crippen molar-refractivity contribution in [1.29, 1.82) is 0 Å². The molecule has 0 unspecified atom stereocenters. The second kappa shape index (κ2) is 6.87. The van der Waals surface area contributed by atoms with Crippen molar-refractivity contribution in [2.45, 2.75) is 6.42 Å². The van der Waals surface area contributed by atoms with Crippen LogP contribution in [0.3, 0.4) is 0 Å². The van der Waals surface area contributed by atoms with Crippen molar-refractivity contribution in [3.8, 4) is 0 Å². The smallest absolute Gasteiger partial charge is 0.179 e. The minimum Gasteiger partial charge on any atom is -0.385 e. The van der Waals surface area contributed by atoms with Gasteiger partial charge in [0.15, 0.2) is 15.6 Å². The van der Waals surface area contributed by atoms with Crippen LogP contribution in [0.4, 0.5) is 0 Å². The van der Waals surface area contributed by atoms with Crippen LogP contribution in [-0.4, -0.2) is 39.4 Å². The molecule has 0 aliphatic heterocycles. The van der Waals surface area contributed by atoms with Crippen molar-refractivity contribution in [3.63, 3.8) is 0 Å². The molecule has 0 radical (unpaired) electrons. The summed E-state index contributed by atoms with van der Waals surface area (Å²) in [7, 11) is -1.90. The van der Waals surface area contributed by atoms with E-state index < -0.39 is 21.4 Å². The van der Waals surface area contributed by atoms with E-state index in [2.05, 4.69) is 0 Å². The maximum Gasteiger partial charge on any atom is 0.179 e. The van der Waals surface area contributed by atoms with Gasteiger partial charge >= 0.3 is 0 Å². The highest BCUT2D eigenvalue weighted by molar-refractivity contribution is 7.92. The molecular weight excluding hydrogens is 276 g/mol. The third-order valence-corrected chi connectivity index (χ3v) is 4.27. The molecule has 0 aliphatic carbocycles. The van der Waals surface area contributed by atoms with Gasteiger partial charge in [-0.05, 0) is 18.6 Å². The number of halogens is 1. The molecule has 0 N–H and O–H groups in total. The molecule has 0 amide bonds. The Bertz CT molecular complexity index is 511. The summed E-state index contributed by atoms with van der Waals surface area (Å²) < 4.78 is 28.1. The fraction of sp³-hybridized carbons (Fsp3) is 0.417. The second-order valence-corrected chi connectivity index (χ2v) is 6.43. The SMILES string of the molecule is COCCCS(=O)(=O)CC(=O)c1ccccc1Cl. The maximum atomic E-state index is 11.8. The van der Waals surface area contributed by atoms with Gasteiger partial charge in [0.25, 0.3) is 0 Å². The Morgan fingerprint density at radius 2 is 2.00 bits per heavy atom. The summed E-state index contributed by atoms with van der Waals surface area (Å²) in [5.41, 5.74) is 0.245. The van der Waals surface area contributed by atoms with Crippen LogP contribution < -0.4 is 0 Å². The van der Waals surface area contributed by atoms with Crippen molar-refractivity contribution in [2.24, 2.45) is 0 Å². The fourth-order valence-corrected chi connectivity index (χ4v) is 2.96. The number of sulfone groups is 1. The molecule has 18 heavy (non-hydrogen) atoms. The zero-order chi connectivity index (χ0) is 13.6. The summed E-state index contributed by atoms with van der Waals surface area (Å²) in [6.07, 6.45) is 0.384. The first-order chi connectivity index (χ1) is 8.46. The van der Waals surface area contributed by atoms with Gasteiger partial charge in [-0.1, -0.05) is 23.7 Å². The molecule has 1 rings (SSSR count). The number of carbonyl (C=O) groups is 1. The molecule has 0 saturated carbocycles. The lowest BCUT2D eigenvalue weighted by Gasteiger charge is -2.05. The van der Waals surface area contributed by atoms with Gasteiger partial charge in [0, 0.05) is 19.3 Å². The predicted molar refractivity (Wildman–Crippen MR) is 70.9 cm³/mol. The summed E-state index contributed by atoms with van der Waals surface area (Å²) >= 11 is 5.84. The molecule has 6 heteroatoms. The standard InChI is InChI=1S/C12H15ClO4S/c1-17-7-4-8-18(15,16)9-12(14)10-5-2-3-6-11(10)13/h2-3,5-6H,4,7-9H2,1H3. The molecule has 100 valence electrons. The van der Waals surface area contributed by atoms with E-state index in [-0.39, 0.29) is 16.3 Å². The Morgan fingerprint density at radius 3 is 2.61 bits per heavy atom. The highest BCUT2D eigenvalue weighted by Crippen LogP contribution is 2.16. The third-order valence-electron chi connectivity index (χ3n) is 2.33. The van der Waals surface area contributed by atoms with Crippen molar-refractivity contribution in [2.75, 3.05) is 25.2 Å². The van der Waals surface area contributed by atoms with Crippen LogP contribution in [0.25, 0.3) is 0 Å². The van der Waals surface area contributed by atoms with Crippen LogP contribution in [-0.2, 0) is 14.6 Å². The highest BCUT2D eigenvalue weighted by atomic mass is 35.5. The number of benzene rings is 1. The third kappa shape index (κ3) is 4.76. The summed E-state index contributed by atoms with van der Waals surface area (Å²) in [6, 6.07) is 6.42. The van der Waals surface area contributed by atoms with Crippen molar-refractivity contribution in [1.82, 2.24) is 0 Å². The van der Waals surface area contributed by atoms with E-state index in [9.17, 15) is 13.2 Å². The molecule has 0 aromatic heterocycles. The maximum absolute atomic E-state index is 11.8. The number of carbonyl (C=O) groups excluding carboxylic acids is 1. The number of Topliss-reactive ketones (excluding diaryl/α,β-unsaturated/α-hetero) is 1. The van der Waals surface area contributed by atoms with E-state index in [1.165, 1.54) is 13.2 Å². The van der Waals surface area contributed by atoms with Crippen molar-refractivity contribution < 1.29 is 17.9 Å². The van der Waals surface area contributed by atoms with Gasteiger partial charge in [0.05, 0.1) is 10.8 Å². The minimum atomic E-state index is -3.41. The quantitative estimate of drug-likeness (QED) is 0.569. The van der Waals surface area contributed by atoms with E-state index in [1.807, 2.05) is 0 Å². The first-order valence-corrected chi connectivity index (χ1v) is 7.63. The molecule has 0 spiro atoms. The molecule has 1 aromatic carbocycles. The molecule has 1 aromatic rings. The normalized spacial score (nSPS) is 11.4. The number of ketones is 1. The molecular formula is C12H15ClO4S. The number of hydrogen-bond donors (Lipinski definition) is 0. The zero-order valence-corrected chi connectivity index (χ0v) is 11.6. The lowest BCUT2D eigenvalue weighted by atomic mass is 10.1. The fourth-order valence-electron chi connectivity index (χ4n) is 1.46. The topological polar surface area (TPSA) is 60.4 Å². The zero-order valence-electron chi connectivity index (χ0n) is 10.1. The number of rotatable bonds is 7. The average Bonchev–Trinajstić information content (AvgIpc) is 2.29. The molecule has 0 bridgehead atoms. The summed E-state index contributed by atoms with van der Waals surface area (Å²) in [5.74, 6) is -1.05. The molecule has 0 aliphatic rings. The number of methoxy groups -OCH3 is 1. The second-order valence-electron chi connectivity index (χ2n) is 3.84. The number of hydrogen-bond acceptors (Lipinski definition) is 4. The van der Waals surface area contributed by atoms with E-state index in [1.54, 1.807) is 18.2 Å². The van der Waals surface area contributed by atoms with Gasteiger partial charge < -0.3 is 4.74 Å². The Balaban J connectivity index is 2.68. The first-order valence-electron chi connectivity index (χ1n) is 5.43. The van der Waals surface area contributed by atoms with Gasteiger partial charge in [-0.25, -0.2) is 8.42 Å². The average molecular weight is 291 g/mol. The van der Waals surface area contributed by atoms with Crippen LogP contribution in [0, 0.1) is 0 Å². The van der Waals surface area contributed by atoms with Gasteiger partial charge in [0.1, 0.15) is 5.75 Å².